The highest BCUT2D eigenvalue weighted by Gasteiger charge is 2.10. The number of nitrogens with one attached hydrogen (secondary N) is 1. The van der Waals surface area contributed by atoms with E-state index in [2.05, 4.69) is 15.2 Å². The van der Waals surface area contributed by atoms with E-state index >= 15 is 0 Å². The predicted molar refractivity (Wildman–Crippen MR) is 73.7 cm³/mol. The lowest BCUT2D eigenvalue weighted by molar-refractivity contribution is 0.817. The molecule has 1 N–H and O–H groups in total. The van der Waals surface area contributed by atoms with Crippen LogP contribution >= 0.6 is 46.6 Å². The third-order valence-electron chi connectivity index (χ3n) is 2.05. The van der Waals surface area contributed by atoms with Crippen molar-refractivity contribution in [2.45, 2.75) is 10.9 Å². The molecule has 18 heavy (non-hydrogen) atoms. The van der Waals surface area contributed by atoms with Crippen LogP contribution in [0.4, 0.5) is 0 Å². The molecule has 1 aromatic heterocycles. The summed E-state index contributed by atoms with van der Waals surface area (Å²) in [5.74, 6) is 0.437. The van der Waals surface area contributed by atoms with Gasteiger partial charge in [-0.2, -0.15) is 5.10 Å². The number of halogens is 3. The van der Waals surface area contributed by atoms with Gasteiger partial charge < -0.3 is 0 Å². The van der Waals surface area contributed by atoms with Crippen LogP contribution < -0.4 is 5.56 Å². The molecule has 0 saturated carbocycles. The Kier molecular flexibility index (Phi) is 4.50. The minimum atomic E-state index is -0.309. The second kappa shape index (κ2) is 5.93. The van der Waals surface area contributed by atoms with Gasteiger partial charge in [0.15, 0.2) is 5.16 Å². The van der Waals surface area contributed by atoms with Gasteiger partial charge in [0.2, 0.25) is 0 Å². The summed E-state index contributed by atoms with van der Waals surface area (Å²) in [5.41, 5.74) is 0.387. The van der Waals surface area contributed by atoms with E-state index < -0.39 is 0 Å². The SMILES string of the molecule is O=c1cnnc(SCc2c(Cl)ccc(Cl)c2Cl)[nH]1. The number of thioether (sulfide) groups is 1. The van der Waals surface area contributed by atoms with Crippen molar-refractivity contribution in [2.75, 3.05) is 0 Å². The molecule has 0 amide bonds. The van der Waals surface area contributed by atoms with Crippen molar-refractivity contribution in [3.63, 3.8) is 0 Å². The Balaban J connectivity index is 2.21. The van der Waals surface area contributed by atoms with Crippen LogP contribution in [0.1, 0.15) is 5.56 Å². The predicted octanol–water partition coefficient (Wildman–Crippen LogP) is 3.42. The van der Waals surface area contributed by atoms with Gasteiger partial charge in [0.05, 0.1) is 10.0 Å². The maximum absolute atomic E-state index is 11.0. The van der Waals surface area contributed by atoms with Crippen LogP contribution in [0.15, 0.2) is 28.3 Å². The Morgan fingerprint density at radius 3 is 2.67 bits per heavy atom. The van der Waals surface area contributed by atoms with E-state index in [1.54, 1.807) is 12.1 Å². The molecule has 0 aliphatic heterocycles. The second-order valence-electron chi connectivity index (χ2n) is 3.25. The van der Waals surface area contributed by atoms with Gasteiger partial charge in [-0.1, -0.05) is 46.6 Å². The quantitative estimate of drug-likeness (QED) is 0.695. The van der Waals surface area contributed by atoms with Crippen molar-refractivity contribution < 1.29 is 0 Å². The number of aromatic amines is 1. The summed E-state index contributed by atoms with van der Waals surface area (Å²) in [6.07, 6.45) is 1.10. The van der Waals surface area contributed by atoms with Crippen molar-refractivity contribution >= 4 is 46.6 Å². The van der Waals surface area contributed by atoms with Crippen LogP contribution in [-0.4, -0.2) is 15.2 Å². The normalized spacial score (nSPS) is 10.6. The van der Waals surface area contributed by atoms with Gasteiger partial charge in [-0.25, -0.2) is 0 Å². The highest BCUT2D eigenvalue weighted by molar-refractivity contribution is 7.98. The largest absolute Gasteiger partial charge is 0.299 e. The van der Waals surface area contributed by atoms with Crippen molar-refractivity contribution in [3.8, 4) is 0 Å². The van der Waals surface area contributed by atoms with Crippen molar-refractivity contribution in [2.24, 2.45) is 0 Å². The third kappa shape index (κ3) is 3.17. The molecule has 0 atom stereocenters. The second-order valence-corrected chi connectivity index (χ2v) is 5.41. The summed E-state index contributed by atoms with van der Waals surface area (Å²) in [7, 11) is 0. The third-order valence-corrected chi connectivity index (χ3v) is 4.13. The van der Waals surface area contributed by atoms with Gasteiger partial charge in [-0.05, 0) is 12.1 Å². The van der Waals surface area contributed by atoms with Crippen LogP contribution in [0.2, 0.25) is 15.1 Å². The lowest BCUT2D eigenvalue weighted by atomic mass is 10.2. The summed E-state index contributed by atoms with van der Waals surface area (Å²) >= 11 is 19.3. The molecule has 0 fully saturated rings. The van der Waals surface area contributed by atoms with Crippen molar-refractivity contribution in [3.05, 3.63) is 49.3 Å². The molecule has 0 radical (unpaired) electrons. The lowest BCUT2D eigenvalue weighted by Gasteiger charge is -2.07. The smallest absolute Gasteiger partial charge is 0.270 e. The zero-order valence-corrected chi connectivity index (χ0v) is 11.9. The minimum Gasteiger partial charge on any atom is -0.299 e. The fraction of sp³-hybridized carbons (Fsp3) is 0.100. The number of rotatable bonds is 3. The average molecular weight is 323 g/mol. The summed E-state index contributed by atoms with van der Waals surface area (Å²) in [4.78, 5) is 13.6. The Morgan fingerprint density at radius 1 is 1.22 bits per heavy atom. The van der Waals surface area contributed by atoms with Gasteiger partial charge >= 0.3 is 0 Å². The number of benzene rings is 1. The van der Waals surface area contributed by atoms with Crippen LogP contribution in [0, 0.1) is 0 Å². The number of hydrogen-bond acceptors (Lipinski definition) is 4. The molecule has 0 aliphatic rings. The standard InChI is InChI=1S/C10H6Cl3N3OS/c11-6-1-2-7(12)9(13)5(6)4-18-10-15-8(17)3-14-16-10/h1-3H,4H2,(H,15,16,17). The molecule has 0 spiro atoms. The molecule has 94 valence electrons. The van der Waals surface area contributed by atoms with E-state index in [-0.39, 0.29) is 5.56 Å². The van der Waals surface area contributed by atoms with E-state index in [9.17, 15) is 4.79 Å². The van der Waals surface area contributed by atoms with Gasteiger partial charge in [0.25, 0.3) is 5.56 Å². The summed E-state index contributed by atoms with van der Waals surface area (Å²) in [5, 5.41) is 9.08. The number of H-pyrrole nitrogens is 1. The van der Waals surface area contributed by atoms with E-state index in [0.717, 1.165) is 6.20 Å². The Bertz CT molecular complexity index is 632. The van der Waals surface area contributed by atoms with E-state index in [1.807, 2.05) is 0 Å². The Labute approximate surface area is 122 Å². The van der Waals surface area contributed by atoms with Gasteiger partial charge in [-0.3, -0.25) is 9.78 Å². The van der Waals surface area contributed by atoms with Crippen LogP contribution in [-0.2, 0) is 5.75 Å². The first-order chi connectivity index (χ1) is 8.58. The van der Waals surface area contributed by atoms with Crippen LogP contribution in [0.3, 0.4) is 0 Å². The summed E-state index contributed by atoms with van der Waals surface area (Å²) in [6, 6.07) is 3.30. The fourth-order valence-electron chi connectivity index (χ4n) is 1.20. The molecule has 4 nitrogen and oxygen atoms in total. The zero-order chi connectivity index (χ0) is 13.1. The molecule has 2 aromatic rings. The summed E-state index contributed by atoms with van der Waals surface area (Å²) < 4.78 is 0. The molecule has 1 heterocycles. The molecule has 0 aliphatic carbocycles. The highest BCUT2D eigenvalue weighted by Crippen LogP contribution is 2.34. The fourth-order valence-corrected chi connectivity index (χ4v) is 2.90. The van der Waals surface area contributed by atoms with E-state index in [1.165, 1.54) is 11.8 Å². The number of aromatic nitrogens is 3. The molecular weight excluding hydrogens is 317 g/mol. The number of nitrogens with zero attached hydrogens (tertiary/aromatic N) is 2. The molecule has 0 unspecified atom stereocenters. The average Bonchev–Trinajstić information content (AvgIpc) is 2.34. The van der Waals surface area contributed by atoms with E-state index in [0.29, 0.717) is 31.5 Å². The van der Waals surface area contributed by atoms with Crippen molar-refractivity contribution in [1.82, 2.24) is 15.2 Å². The Hall–Kier alpha value is -0.750. The zero-order valence-electron chi connectivity index (χ0n) is 8.78. The Morgan fingerprint density at radius 2 is 1.94 bits per heavy atom. The van der Waals surface area contributed by atoms with Crippen LogP contribution in [0.25, 0.3) is 0 Å². The molecule has 2 rings (SSSR count). The lowest BCUT2D eigenvalue weighted by Crippen LogP contribution is -2.08. The highest BCUT2D eigenvalue weighted by atomic mass is 35.5. The first-order valence-electron chi connectivity index (χ1n) is 4.75. The molecule has 8 heteroatoms. The monoisotopic (exact) mass is 321 g/mol. The van der Waals surface area contributed by atoms with Crippen LogP contribution in [0.5, 0.6) is 0 Å². The minimum absolute atomic E-state index is 0.309. The molecule has 0 bridgehead atoms. The van der Waals surface area contributed by atoms with Crippen molar-refractivity contribution in [1.29, 1.82) is 0 Å². The topological polar surface area (TPSA) is 58.6 Å². The maximum Gasteiger partial charge on any atom is 0.270 e. The molecule has 0 saturated heterocycles. The van der Waals surface area contributed by atoms with Gasteiger partial charge in [-0.15, -0.1) is 5.10 Å². The van der Waals surface area contributed by atoms with Gasteiger partial charge in [0, 0.05) is 16.3 Å². The summed E-state index contributed by atoms with van der Waals surface area (Å²) in [6.45, 7) is 0. The first-order valence-corrected chi connectivity index (χ1v) is 6.87. The molecule has 1 aromatic carbocycles. The number of hydrogen-bond donors (Lipinski definition) is 1. The van der Waals surface area contributed by atoms with Gasteiger partial charge in [0.1, 0.15) is 6.20 Å². The first kappa shape index (κ1) is 13.7. The van der Waals surface area contributed by atoms with E-state index in [4.69, 9.17) is 34.8 Å². The molecular formula is C10H6Cl3N3OS. The maximum atomic E-state index is 11.0.